The van der Waals surface area contributed by atoms with E-state index in [-0.39, 0.29) is 5.91 Å². The van der Waals surface area contributed by atoms with E-state index in [0.717, 1.165) is 32.7 Å². The lowest BCUT2D eigenvalue weighted by Gasteiger charge is -2.39. The average Bonchev–Trinajstić information content (AvgIpc) is 2.47. The molecule has 1 aliphatic heterocycles. The maximum Gasteiger partial charge on any atom is 0.236 e. The Hall–Kier alpha value is -0.650. The number of piperazine rings is 1. The van der Waals surface area contributed by atoms with Gasteiger partial charge in [-0.25, -0.2) is 0 Å². The van der Waals surface area contributed by atoms with Crippen LogP contribution in [0.15, 0.2) is 0 Å². The third-order valence-corrected chi connectivity index (χ3v) is 4.98. The number of likely N-dealkylation sites (N-methyl/N-ethyl adjacent to an activating group) is 2. The highest BCUT2D eigenvalue weighted by atomic mass is 16.2. The van der Waals surface area contributed by atoms with Crippen LogP contribution in [-0.4, -0.2) is 80.0 Å². The summed E-state index contributed by atoms with van der Waals surface area (Å²) in [4.78, 5) is 18.9. The van der Waals surface area contributed by atoms with Crippen molar-refractivity contribution in [1.29, 1.82) is 0 Å². The van der Waals surface area contributed by atoms with Gasteiger partial charge in [0.15, 0.2) is 0 Å². The van der Waals surface area contributed by atoms with Crippen LogP contribution in [0.2, 0.25) is 0 Å². The van der Waals surface area contributed by atoms with Crippen LogP contribution in [0, 0.1) is 5.92 Å². The number of nitrogens with two attached hydrogens (primary N) is 1. The third-order valence-electron chi connectivity index (χ3n) is 4.98. The Kier molecular flexibility index (Phi) is 5.81. The zero-order valence-corrected chi connectivity index (χ0v) is 13.1. The Morgan fingerprint density at radius 1 is 1.20 bits per heavy atom. The first-order valence-corrected chi connectivity index (χ1v) is 7.98. The molecule has 1 heterocycles. The first-order chi connectivity index (χ1) is 9.61. The van der Waals surface area contributed by atoms with E-state index in [9.17, 15) is 4.79 Å². The minimum Gasteiger partial charge on any atom is -0.339 e. The summed E-state index contributed by atoms with van der Waals surface area (Å²) in [7, 11) is 4.20. The molecule has 2 atom stereocenters. The Bertz CT molecular complexity index is 315. The van der Waals surface area contributed by atoms with Gasteiger partial charge in [0.05, 0.1) is 6.54 Å². The number of hydrogen-bond acceptors (Lipinski definition) is 4. The molecule has 2 N–H and O–H groups in total. The van der Waals surface area contributed by atoms with Crippen molar-refractivity contribution < 1.29 is 4.79 Å². The molecule has 0 aromatic rings. The number of amides is 1. The van der Waals surface area contributed by atoms with E-state index in [1.54, 1.807) is 0 Å². The standard InChI is InChI=1S/C15H30N4O/c1-17-7-9-19(10-8-17)15(20)12-18(2)14-6-4-3-5-13(14)11-16/h13-14H,3-12,16H2,1-2H3. The maximum absolute atomic E-state index is 12.4. The second-order valence-corrected chi connectivity index (χ2v) is 6.45. The molecule has 5 heteroatoms. The molecule has 1 aliphatic carbocycles. The smallest absolute Gasteiger partial charge is 0.236 e. The van der Waals surface area contributed by atoms with Gasteiger partial charge in [0.1, 0.15) is 0 Å². The van der Waals surface area contributed by atoms with Gasteiger partial charge in [-0.05, 0) is 39.4 Å². The molecule has 5 nitrogen and oxygen atoms in total. The van der Waals surface area contributed by atoms with Crippen molar-refractivity contribution in [2.24, 2.45) is 11.7 Å². The van der Waals surface area contributed by atoms with Crippen LogP contribution < -0.4 is 5.73 Å². The van der Waals surface area contributed by atoms with Gasteiger partial charge in [0, 0.05) is 32.2 Å². The Labute approximate surface area is 123 Å². The van der Waals surface area contributed by atoms with Gasteiger partial charge in [-0.3, -0.25) is 9.69 Å². The quantitative estimate of drug-likeness (QED) is 0.801. The highest BCUT2D eigenvalue weighted by molar-refractivity contribution is 5.78. The van der Waals surface area contributed by atoms with Crippen LogP contribution in [0.4, 0.5) is 0 Å². The lowest BCUT2D eigenvalue weighted by atomic mass is 9.84. The summed E-state index contributed by atoms with van der Waals surface area (Å²) in [5, 5.41) is 0. The van der Waals surface area contributed by atoms with Crippen LogP contribution in [-0.2, 0) is 4.79 Å². The number of carbonyl (C=O) groups excluding carboxylic acids is 1. The molecule has 1 saturated carbocycles. The molecule has 2 fully saturated rings. The fraction of sp³-hybridized carbons (Fsp3) is 0.933. The molecule has 116 valence electrons. The molecule has 0 bridgehead atoms. The molecule has 0 radical (unpaired) electrons. The first kappa shape index (κ1) is 15.7. The predicted octanol–water partition coefficient (Wildman–Crippen LogP) is 0.210. The Morgan fingerprint density at radius 3 is 2.50 bits per heavy atom. The van der Waals surface area contributed by atoms with E-state index < -0.39 is 0 Å². The van der Waals surface area contributed by atoms with Gasteiger partial charge in [-0.15, -0.1) is 0 Å². The molecular formula is C15H30N4O. The zero-order valence-electron chi connectivity index (χ0n) is 13.1. The van der Waals surface area contributed by atoms with Crippen LogP contribution in [0.25, 0.3) is 0 Å². The van der Waals surface area contributed by atoms with Gasteiger partial charge < -0.3 is 15.5 Å². The molecule has 0 aromatic carbocycles. The summed E-state index contributed by atoms with van der Waals surface area (Å²) in [6.45, 7) is 5.01. The number of carbonyl (C=O) groups is 1. The lowest BCUT2D eigenvalue weighted by Crippen LogP contribution is -2.52. The van der Waals surface area contributed by atoms with E-state index >= 15 is 0 Å². The van der Waals surface area contributed by atoms with Crippen molar-refractivity contribution in [1.82, 2.24) is 14.7 Å². The summed E-state index contributed by atoms with van der Waals surface area (Å²) in [6.07, 6.45) is 4.97. The van der Waals surface area contributed by atoms with Crippen LogP contribution in [0.5, 0.6) is 0 Å². The zero-order chi connectivity index (χ0) is 14.5. The summed E-state index contributed by atoms with van der Waals surface area (Å²) >= 11 is 0. The monoisotopic (exact) mass is 282 g/mol. The summed E-state index contributed by atoms with van der Waals surface area (Å²) < 4.78 is 0. The van der Waals surface area contributed by atoms with Crippen molar-refractivity contribution in [3.63, 3.8) is 0 Å². The van der Waals surface area contributed by atoms with Crippen molar-refractivity contribution in [3.8, 4) is 0 Å². The number of hydrogen-bond donors (Lipinski definition) is 1. The summed E-state index contributed by atoms with van der Waals surface area (Å²) in [5.74, 6) is 0.844. The van der Waals surface area contributed by atoms with Crippen molar-refractivity contribution >= 4 is 5.91 Å². The third kappa shape index (κ3) is 3.93. The van der Waals surface area contributed by atoms with Gasteiger partial charge in [-0.2, -0.15) is 0 Å². The molecule has 20 heavy (non-hydrogen) atoms. The molecule has 2 aliphatic rings. The van der Waals surface area contributed by atoms with Gasteiger partial charge in [0.2, 0.25) is 5.91 Å². The largest absolute Gasteiger partial charge is 0.339 e. The van der Waals surface area contributed by atoms with E-state index in [2.05, 4.69) is 23.9 Å². The molecular weight excluding hydrogens is 252 g/mol. The number of rotatable bonds is 4. The second kappa shape index (κ2) is 7.38. The predicted molar refractivity (Wildman–Crippen MR) is 81.5 cm³/mol. The molecule has 1 amide bonds. The van der Waals surface area contributed by atoms with Crippen LogP contribution in [0.1, 0.15) is 25.7 Å². The fourth-order valence-electron chi connectivity index (χ4n) is 3.53. The average molecular weight is 282 g/mol. The number of nitrogens with zero attached hydrogens (tertiary/aromatic N) is 3. The van der Waals surface area contributed by atoms with Crippen molar-refractivity contribution in [2.75, 3.05) is 53.4 Å². The lowest BCUT2D eigenvalue weighted by molar-refractivity contribution is -0.134. The Balaban J connectivity index is 1.83. The first-order valence-electron chi connectivity index (χ1n) is 7.98. The maximum atomic E-state index is 12.4. The van der Waals surface area contributed by atoms with E-state index in [1.807, 2.05) is 4.90 Å². The Morgan fingerprint density at radius 2 is 1.85 bits per heavy atom. The highest BCUT2D eigenvalue weighted by Crippen LogP contribution is 2.27. The molecule has 1 saturated heterocycles. The molecule has 0 aromatic heterocycles. The fourth-order valence-corrected chi connectivity index (χ4v) is 3.53. The topological polar surface area (TPSA) is 52.8 Å². The normalized spacial score (nSPS) is 28.9. The van der Waals surface area contributed by atoms with Crippen LogP contribution in [0.3, 0.4) is 0 Å². The van der Waals surface area contributed by atoms with Gasteiger partial charge in [-0.1, -0.05) is 12.8 Å². The minimum atomic E-state index is 0.280. The minimum absolute atomic E-state index is 0.280. The van der Waals surface area contributed by atoms with E-state index in [0.29, 0.717) is 18.5 Å². The highest BCUT2D eigenvalue weighted by Gasteiger charge is 2.29. The summed E-state index contributed by atoms with van der Waals surface area (Å²) in [5.41, 5.74) is 5.89. The van der Waals surface area contributed by atoms with Crippen LogP contribution >= 0.6 is 0 Å². The van der Waals surface area contributed by atoms with Gasteiger partial charge in [0.25, 0.3) is 0 Å². The molecule has 2 unspecified atom stereocenters. The van der Waals surface area contributed by atoms with Crippen molar-refractivity contribution in [2.45, 2.75) is 31.7 Å². The summed E-state index contributed by atoms with van der Waals surface area (Å²) in [6, 6.07) is 0.491. The SMILES string of the molecule is CN1CCN(C(=O)CN(C)C2CCCCC2CN)CC1. The second-order valence-electron chi connectivity index (χ2n) is 6.45. The van der Waals surface area contributed by atoms with E-state index in [1.165, 1.54) is 25.7 Å². The molecule has 0 spiro atoms. The van der Waals surface area contributed by atoms with Gasteiger partial charge >= 0.3 is 0 Å². The van der Waals surface area contributed by atoms with E-state index in [4.69, 9.17) is 5.73 Å². The molecule has 2 rings (SSSR count). The van der Waals surface area contributed by atoms with Crippen molar-refractivity contribution in [3.05, 3.63) is 0 Å².